The first-order valence-corrected chi connectivity index (χ1v) is 14.1. The van der Waals surface area contributed by atoms with Gasteiger partial charge in [0.05, 0.1) is 22.0 Å². The van der Waals surface area contributed by atoms with Crippen molar-refractivity contribution in [3.8, 4) is 0 Å². The summed E-state index contributed by atoms with van der Waals surface area (Å²) in [6.07, 6.45) is 1.34. The summed E-state index contributed by atoms with van der Waals surface area (Å²) in [5.41, 5.74) is 0.942. The highest BCUT2D eigenvalue weighted by Crippen LogP contribution is 2.28. The monoisotopic (exact) mass is 561 g/mol. The highest BCUT2D eigenvalue weighted by atomic mass is 35.5. The number of nitrogens with one attached hydrogen (secondary N) is 1. The fourth-order valence-corrected chi connectivity index (χ4v) is 4.64. The number of carbonyl (C=O) groups is 2. The van der Waals surface area contributed by atoms with Crippen LogP contribution in [0.1, 0.15) is 32.8 Å². The van der Waals surface area contributed by atoms with Gasteiger partial charge in [-0.3, -0.25) is 13.9 Å². The average Bonchev–Trinajstić information content (AvgIpc) is 2.78. The van der Waals surface area contributed by atoms with Gasteiger partial charge >= 0.3 is 0 Å². The summed E-state index contributed by atoms with van der Waals surface area (Å²) >= 11 is 18.1. The zero-order valence-corrected chi connectivity index (χ0v) is 23.2. The fourth-order valence-electron chi connectivity index (χ4n) is 3.38. The molecule has 2 amide bonds. The number of carbonyl (C=O) groups excluding carboxylic acids is 2. The van der Waals surface area contributed by atoms with E-state index < -0.39 is 28.5 Å². The molecule has 2 rings (SSSR count). The highest BCUT2D eigenvalue weighted by molar-refractivity contribution is 7.92. The third-order valence-corrected chi connectivity index (χ3v) is 7.34. The van der Waals surface area contributed by atoms with Crippen LogP contribution in [-0.4, -0.2) is 50.5 Å². The van der Waals surface area contributed by atoms with Crippen molar-refractivity contribution in [2.45, 2.75) is 39.8 Å². The highest BCUT2D eigenvalue weighted by Gasteiger charge is 2.31. The van der Waals surface area contributed by atoms with E-state index >= 15 is 0 Å². The van der Waals surface area contributed by atoms with Gasteiger partial charge in [0, 0.05) is 18.1 Å². The van der Waals surface area contributed by atoms with Gasteiger partial charge in [-0.05, 0) is 48.2 Å². The SMILES string of the molecule is CC[C@@H](C(=O)NCC(C)C)N(Cc1ccc(Cl)cc1)C(=O)CN(c1ccc(Cl)c(Cl)c1)S(C)(=O)=O. The Hall–Kier alpha value is -2.00. The van der Waals surface area contributed by atoms with E-state index in [0.29, 0.717) is 18.0 Å². The van der Waals surface area contributed by atoms with Gasteiger partial charge in [-0.2, -0.15) is 0 Å². The number of amides is 2. The lowest BCUT2D eigenvalue weighted by Gasteiger charge is -2.33. The lowest BCUT2D eigenvalue weighted by Crippen LogP contribution is -2.52. The molecule has 1 atom stereocenters. The molecule has 0 saturated carbocycles. The third kappa shape index (κ3) is 8.56. The molecule has 0 spiro atoms. The number of halogens is 3. The first kappa shape index (κ1) is 29.2. The third-order valence-electron chi connectivity index (χ3n) is 5.21. The minimum Gasteiger partial charge on any atom is -0.354 e. The van der Waals surface area contributed by atoms with Gasteiger partial charge in [-0.1, -0.05) is 67.7 Å². The Balaban J connectivity index is 2.43. The molecule has 0 aliphatic heterocycles. The largest absolute Gasteiger partial charge is 0.354 e. The predicted molar refractivity (Wildman–Crippen MR) is 143 cm³/mol. The number of sulfonamides is 1. The standard InChI is InChI=1S/C24H30Cl3N3O4S/c1-5-22(24(32)28-13-16(2)3)29(14-17-6-8-18(25)9-7-17)23(31)15-30(35(4,33)34)19-10-11-20(26)21(27)12-19/h6-12,16,22H,5,13-15H2,1-4H3,(H,28,32)/t22-/m0/s1. The number of anilines is 1. The average molecular weight is 563 g/mol. The molecule has 2 aromatic carbocycles. The Kier molecular flexibility index (Phi) is 10.7. The van der Waals surface area contributed by atoms with Gasteiger partial charge in [0.2, 0.25) is 21.8 Å². The van der Waals surface area contributed by atoms with Gasteiger partial charge in [0.25, 0.3) is 0 Å². The molecule has 192 valence electrons. The van der Waals surface area contributed by atoms with Crippen molar-refractivity contribution in [1.82, 2.24) is 10.2 Å². The van der Waals surface area contributed by atoms with Crippen molar-refractivity contribution in [2.75, 3.05) is 23.7 Å². The van der Waals surface area contributed by atoms with E-state index in [4.69, 9.17) is 34.8 Å². The quantitative estimate of drug-likeness (QED) is 0.418. The smallest absolute Gasteiger partial charge is 0.244 e. The summed E-state index contributed by atoms with van der Waals surface area (Å²) in [6, 6.07) is 10.4. The van der Waals surface area contributed by atoms with Crippen LogP contribution in [0.15, 0.2) is 42.5 Å². The number of hydrogen-bond acceptors (Lipinski definition) is 4. The Morgan fingerprint density at radius 3 is 2.14 bits per heavy atom. The maximum atomic E-state index is 13.6. The minimum absolute atomic E-state index is 0.0998. The van der Waals surface area contributed by atoms with E-state index in [9.17, 15) is 18.0 Å². The van der Waals surface area contributed by atoms with E-state index in [1.165, 1.54) is 23.1 Å². The molecular formula is C24H30Cl3N3O4S. The molecule has 0 aliphatic carbocycles. The molecule has 0 aliphatic rings. The maximum Gasteiger partial charge on any atom is 0.244 e. The molecule has 0 unspecified atom stereocenters. The van der Waals surface area contributed by atoms with Crippen LogP contribution >= 0.6 is 34.8 Å². The molecule has 35 heavy (non-hydrogen) atoms. The molecule has 0 fully saturated rings. The molecule has 11 heteroatoms. The van der Waals surface area contributed by atoms with Crippen LogP contribution in [0, 0.1) is 5.92 Å². The van der Waals surface area contributed by atoms with Crippen LogP contribution in [0.2, 0.25) is 15.1 Å². The second-order valence-corrected chi connectivity index (χ2v) is 11.7. The van der Waals surface area contributed by atoms with Gasteiger partial charge in [0.15, 0.2) is 0 Å². The first-order chi connectivity index (χ1) is 16.3. The summed E-state index contributed by atoms with van der Waals surface area (Å²) in [7, 11) is -3.86. The molecule has 7 nitrogen and oxygen atoms in total. The van der Waals surface area contributed by atoms with Crippen LogP contribution in [0.25, 0.3) is 0 Å². The number of nitrogens with zero attached hydrogens (tertiary/aromatic N) is 2. The second-order valence-electron chi connectivity index (χ2n) is 8.58. The summed E-state index contributed by atoms with van der Waals surface area (Å²) in [6.45, 7) is 5.78. The maximum absolute atomic E-state index is 13.6. The van der Waals surface area contributed by atoms with Gasteiger partial charge in [-0.15, -0.1) is 0 Å². The van der Waals surface area contributed by atoms with E-state index in [-0.39, 0.29) is 34.1 Å². The normalized spacial score (nSPS) is 12.3. The van der Waals surface area contributed by atoms with Crippen molar-refractivity contribution < 1.29 is 18.0 Å². The fraction of sp³-hybridized carbons (Fsp3) is 0.417. The Labute approximate surface area is 222 Å². The summed E-state index contributed by atoms with van der Waals surface area (Å²) < 4.78 is 26.2. The Morgan fingerprint density at radius 2 is 1.63 bits per heavy atom. The molecular weight excluding hydrogens is 533 g/mol. The van der Waals surface area contributed by atoms with Gasteiger partial charge in [-0.25, -0.2) is 8.42 Å². The molecule has 1 N–H and O–H groups in total. The van der Waals surface area contributed by atoms with E-state index in [1.807, 2.05) is 13.8 Å². The van der Waals surface area contributed by atoms with Crippen molar-refractivity contribution in [3.63, 3.8) is 0 Å². The number of benzene rings is 2. The molecule has 2 aromatic rings. The molecule has 0 aromatic heterocycles. The topological polar surface area (TPSA) is 86.8 Å². The zero-order chi connectivity index (χ0) is 26.3. The van der Waals surface area contributed by atoms with Crippen LogP contribution in [0.4, 0.5) is 5.69 Å². The van der Waals surface area contributed by atoms with Crippen LogP contribution < -0.4 is 9.62 Å². The zero-order valence-electron chi connectivity index (χ0n) is 20.1. The first-order valence-electron chi connectivity index (χ1n) is 11.1. The molecule has 0 saturated heterocycles. The van der Waals surface area contributed by atoms with Crippen LogP contribution in [0.3, 0.4) is 0 Å². The van der Waals surface area contributed by atoms with Crippen molar-refractivity contribution in [3.05, 3.63) is 63.1 Å². The molecule has 0 heterocycles. The van der Waals surface area contributed by atoms with Crippen molar-refractivity contribution >= 4 is 62.3 Å². The van der Waals surface area contributed by atoms with Crippen molar-refractivity contribution in [2.24, 2.45) is 5.92 Å². The van der Waals surface area contributed by atoms with Gasteiger partial charge in [0.1, 0.15) is 12.6 Å². The lowest BCUT2D eigenvalue weighted by molar-refractivity contribution is -0.140. The van der Waals surface area contributed by atoms with E-state index in [2.05, 4.69) is 5.32 Å². The number of rotatable bonds is 11. The summed E-state index contributed by atoms with van der Waals surface area (Å²) in [5.74, 6) is -0.612. The number of hydrogen-bond donors (Lipinski definition) is 1. The second kappa shape index (κ2) is 12.8. The van der Waals surface area contributed by atoms with Crippen molar-refractivity contribution in [1.29, 1.82) is 0 Å². The van der Waals surface area contributed by atoms with E-state index in [0.717, 1.165) is 16.1 Å². The summed E-state index contributed by atoms with van der Waals surface area (Å²) in [5, 5.41) is 3.82. The summed E-state index contributed by atoms with van der Waals surface area (Å²) in [4.78, 5) is 28.0. The van der Waals surface area contributed by atoms with E-state index in [1.54, 1.807) is 31.2 Å². The molecule has 0 bridgehead atoms. The minimum atomic E-state index is -3.86. The van der Waals surface area contributed by atoms with Crippen LogP contribution in [-0.2, 0) is 26.2 Å². The lowest BCUT2D eigenvalue weighted by atomic mass is 10.1. The predicted octanol–water partition coefficient (Wildman–Crippen LogP) is 4.99. The van der Waals surface area contributed by atoms with Crippen LogP contribution in [0.5, 0.6) is 0 Å². The molecule has 0 radical (unpaired) electrons. The Morgan fingerprint density at radius 1 is 1.00 bits per heavy atom. The van der Waals surface area contributed by atoms with Gasteiger partial charge < -0.3 is 10.2 Å². The Bertz CT molecular complexity index is 1140.